The Morgan fingerprint density at radius 1 is 0.833 bits per heavy atom. The Morgan fingerprint density at radius 2 is 1.61 bits per heavy atom. The van der Waals surface area contributed by atoms with Gasteiger partial charge in [0.1, 0.15) is 0 Å². The summed E-state index contributed by atoms with van der Waals surface area (Å²) in [5, 5.41) is 3.62. The lowest BCUT2D eigenvalue weighted by atomic mass is 10.1. The molecule has 1 nitrogen and oxygen atoms in total. The minimum Gasteiger partial charge on any atom is -0.462 e. The van der Waals surface area contributed by atoms with Crippen molar-refractivity contribution < 1.29 is 4.42 Å². The summed E-state index contributed by atoms with van der Waals surface area (Å²) in [6, 6.07) is 18.9. The maximum absolute atomic E-state index is 5.74. The first-order chi connectivity index (χ1) is 8.92. The topological polar surface area (TPSA) is 13.1 Å². The second kappa shape index (κ2) is 3.72. The van der Waals surface area contributed by atoms with Gasteiger partial charge in [0.05, 0.1) is 11.1 Å². The van der Waals surface area contributed by atoms with Gasteiger partial charge in [0.25, 0.3) is 0 Å². The molecule has 0 N–H and O–H groups in total. The second-order valence-electron chi connectivity index (χ2n) is 4.30. The molecule has 0 spiro atoms. The monoisotopic (exact) mass is 250 g/mol. The number of hydrogen-bond acceptors (Lipinski definition) is 2. The summed E-state index contributed by atoms with van der Waals surface area (Å²) in [6.45, 7) is 0. The van der Waals surface area contributed by atoms with Crippen LogP contribution in [0.25, 0.3) is 31.5 Å². The molecule has 0 amide bonds. The smallest absolute Gasteiger partial charge is 0.151 e. The SMILES string of the molecule is c1ccc2sc(-c3occ4ccccc34)cc2c1. The third-order valence-electron chi connectivity index (χ3n) is 3.16. The largest absolute Gasteiger partial charge is 0.462 e. The number of hydrogen-bond donors (Lipinski definition) is 0. The molecule has 0 aliphatic carbocycles. The molecule has 4 rings (SSSR count). The van der Waals surface area contributed by atoms with Crippen LogP contribution in [-0.2, 0) is 0 Å². The van der Waals surface area contributed by atoms with Gasteiger partial charge in [-0.25, -0.2) is 0 Å². The molecule has 0 unspecified atom stereocenters. The molecule has 2 heterocycles. The number of rotatable bonds is 1. The van der Waals surface area contributed by atoms with Gasteiger partial charge in [-0.1, -0.05) is 42.5 Å². The van der Waals surface area contributed by atoms with Gasteiger partial charge in [0.15, 0.2) is 5.76 Å². The molecule has 2 aromatic heterocycles. The van der Waals surface area contributed by atoms with Crippen molar-refractivity contribution in [1.82, 2.24) is 0 Å². The summed E-state index contributed by atoms with van der Waals surface area (Å²) in [6.07, 6.45) is 1.83. The zero-order valence-electron chi connectivity index (χ0n) is 9.59. The van der Waals surface area contributed by atoms with Crippen LogP contribution in [0.3, 0.4) is 0 Å². The zero-order chi connectivity index (χ0) is 11.9. The van der Waals surface area contributed by atoms with E-state index in [1.165, 1.54) is 20.3 Å². The summed E-state index contributed by atoms with van der Waals surface area (Å²) in [5.41, 5.74) is 0. The molecule has 0 aliphatic heterocycles. The van der Waals surface area contributed by atoms with E-state index in [1.807, 2.05) is 12.3 Å². The maximum Gasteiger partial charge on any atom is 0.151 e. The lowest BCUT2D eigenvalue weighted by Crippen LogP contribution is -1.67. The van der Waals surface area contributed by atoms with E-state index < -0.39 is 0 Å². The van der Waals surface area contributed by atoms with Crippen LogP contribution in [-0.4, -0.2) is 0 Å². The fraction of sp³-hybridized carbons (Fsp3) is 0. The van der Waals surface area contributed by atoms with Crippen molar-refractivity contribution in [2.24, 2.45) is 0 Å². The molecule has 2 aromatic carbocycles. The second-order valence-corrected chi connectivity index (χ2v) is 5.38. The summed E-state index contributed by atoms with van der Waals surface area (Å²) >= 11 is 1.78. The van der Waals surface area contributed by atoms with Crippen molar-refractivity contribution in [3.63, 3.8) is 0 Å². The Bertz CT molecular complexity index is 805. The molecule has 0 saturated carbocycles. The molecule has 0 fully saturated rings. The van der Waals surface area contributed by atoms with E-state index in [2.05, 4.69) is 48.5 Å². The fourth-order valence-electron chi connectivity index (χ4n) is 2.28. The number of furan rings is 1. The van der Waals surface area contributed by atoms with E-state index >= 15 is 0 Å². The summed E-state index contributed by atoms with van der Waals surface area (Å²) in [4.78, 5) is 1.19. The molecule has 4 aromatic rings. The van der Waals surface area contributed by atoms with Gasteiger partial charge in [-0.15, -0.1) is 11.3 Å². The van der Waals surface area contributed by atoms with Crippen LogP contribution < -0.4 is 0 Å². The van der Waals surface area contributed by atoms with E-state index in [9.17, 15) is 0 Å². The Morgan fingerprint density at radius 3 is 2.50 bits per heavy atom. The number of benzene rings is 2. The molecule has 0 saturated heterocycles. The van der Waals surface area contributed by atoms with Gasteiger partial charge in [0, 0.05) is 15.5 Å². The first-order valence-electron chi connectivity index (χ1n) is 5.87. The Labute approximate surface area is 108 Å². The van der Waals surface area contributed by atoms with Gasteiger partial charge in [-0.2, -0.15) is 0 Å². The van der Waals surface area contributed by atoms with Crippen LogP contribution in [0, 0.1) is 0 Å². The van der Waals surface area contributed by atoms with Crippen LogP contribution in [0.4, 0.5) is 0 Å². The highest BCUT2D eigenvalue weighted by Crippen LogP contribution is 2.37. The van der Waals surface area contributed by atoms with Gasteiger partial charge < -0.3 is 4.42 Å². The van der Waals surface area contributed by atoms with E-state index in [0.717, 1.165) is 11.1 Å². The predicted octanol–water partition coefficient (Wildman–Crippen LogP) is 5.31. The summed E-state index contributed by atoms with van der Waals surface area (Å²) in [5.74, 6) is 0.979. The first kappa shape index (κ1) is 9.92. The third-order valence-corrected chi connectivity index (χ3v) is 4.27. The molecule has 18 heavy (non-hydrogen) atoms. The van der Waals surface area contributed by atoms with Crippen LogP contribution in [0.1, 0.15) is 0 Å². The van der Waals surface area contributed by atoms with Crippen molar-refractivity contribution in [3.8, 4) is 10.6 Å². The Hall–Kier alpha value is -2.06. The highest BCUT2D eigenvalue weighted by Gasteiger charge is 2.11. The minimum absolute atomic E-state index is 0.979. The minimum atomic E-state index is 0.979. The van der Waals surface area contributed by atoms with E-state index in [1.54, 1.807) is 11.3 Å². The van der Waals surface area contributed by atoms with Crippen LogP contribution in [0.2, 0.25) is 0 Å². The van der Waals surface area contributed by atoms with Crippen LogP contribution >= 0.6 is 11.3 Å². The quantitative estimate of drug-likeness (QED) is 0.446. The molecule has 0 aliphatic rings. The van der Waals surface area contributed by atoms with Gasteiger partial charge >= 0.3 is 0 Å². The van der Waals surface area contributed by atoms with Crippen molar-refractivity contribution in [2.45, 2.75) is 0 Å². The maximum atomic E-state index is 5.74. The van der Waals surface area contributed by atoms with Crippen molar-refractivity contribution in [3.05, 3.63) is 60.9 Å². The van der Waals surface area contributed by atoms with Gasteiger partial charge in [-0.05, 0) is 17.5 Å². The summed E-state index contributed by atoms with van der Waals surface area (Å²) in [7, 11) is 0. The molecule has 86 valence electrons. The average molecular weight is 250 g/mol. The average Bonchev–Trinajstić information content (AvgIpc) is 3.02. The molecule has 0 bridgehead atoms. The third kappa shape index (κ3) is 1.39. The van der Waals surface area contributed by atoms with Crippen LogP contribution in [0.5, 0.6) is 0 Å². The van der Waals surface area contributed by atoms with Gasteiger partial charge in [-0.3, -0.25) is 0 Å². The highest BCUT2D eigenvalue weighted by atomic mass is 32.1. The zero-order valence-corrected chi connectivity index (χ0v) is 10.4. The Balaban J connectivity index is 2.01. The fourth-order valence-corrected chi connectivity index (χ4v) is 3.34. The van der Waals surface area contributed by atoms with E-state index in [0.29, 0.717) is 0 Å². The Kier molecular flexibility index (Phi) is 2.05. The van der Waals surface area contributed by atoms with E-state index in [4.69, 9.17) is 4.42 Å². The molecular weight excluding hydrogens is 240 g/mol. The molecular formula is C16H10OS. The molecule has 0 radical (unpaired) electrons. The number of thiophene rings is 1. The van der Waals surface area contributed by atoms with Crippen molar-refractivity contribution >= 4 is 32.2 Å². The van der Waals surface area contributed by atoms with Crippen molar-refractivity contribution in [2.75, 3.05) is 0 Å². The van der Waals surface area contributed by atoms with Crippen molar-refractivity contribution in [1.29, 1.82) is 0 Å². The summed E-state index contributed by atoms with van der Waals surface area (Å²) < 4.78 is 7.04. The van der Waals surface area contributed by atoms with E-state index in [-0.39, 0.29) is 0 Å². The highest BCUT2D eigenvalue weighted by molar-refractivity contribution is 7.22. The van der Waals surface area contributed by atoms with Crippen LogP contribution in [0.15, 0.2) is 65.3 Å². The lowest BCUT2D eigenvalue weighted by molar-refractivity contribution is 0.588. The predicted molar refractivity (Wildman–Crippen MR) is 77.0 cm³/mol. The standard InChI is InChI=1S/C16H10OS/c1-3-7-13-12(6-1)10-17-16(13)15-9-11-5-2-4-8-14(11)18-15/h1-10H. The molecule has 0 atom stereocenters. The van der Waals surface area contributed by atoms with Gasteiger partial charge in [0.2, 0.25) is 0 Å². The lowest BCUT2D eigenvalue weighted by Gasteiger charge is -1.91. The normalized spacial score (nSPS) is 11.3. The number of fused-ring (bicyclic) bond motifs is 2. The first-order valence-corrected chi connectivity index (χ1v) is 6.69. The molecule has 2 heteroatoms.